The normalized spacial score (nSPS) is 12.4. The van der Waals surface area contributed by atoms with Gasteiger partial charge in [-0.2, -0.15) is 0 Å². The molecule has 2 aromatic carbocycles. The Morgan fingerprint density at radius 2 is 1.37 bits per heavy atom. The zero-order valence-electron chi connectivity index (χ0n) is 32.3. The minimum Gasteiger partial charge on any atom is -0.478 e. The predicted octanol–water partition coefficient (Wildman–Crippen LogP) is 4.21. The van der Waals surface area contributed by atoms with E-state index in [4.69, 9.17) is 28.4 Å². The van der Waals surface area contributed by atoms with Crippen molar-refractivity contribution in [1.82, 2.24) is 15.5 Å². The van der Waals surface area contributed by atoms with E-state index in [1.54, 1.807) is 84.2 Å². The lowest BCUT2D eigenvalue weighted by molar-refractivity contribution is -0.128. The molecule has 2 aromatic rings. The van der Waals surface area contributed by atoms with Gasteiger partial charge in [-0.3, -0.25) is 9.59 Å². The van der Waals surface area contributed by atoms with E-state index >= 15 is 0 Å². The number of carbonyl (C=O) groups excluding carboxylic acids is 4. The topological polar surface area (TPSA) is 200 Å². The lowest BCUT2D eigenvalue weighted by Gasteiger charge is -2.26. The Hall–Kier alpha value is -4.77. The third kappa shape index (κ3) is 17.8. The summed E-state index contributed by atoms with van der Waals surface area (Å²) in [7, 11) is 1.60. The highest BCUT2D eigenvalue weighted by Crippen LogP contribution is 2.16. The SMILES string of the molecule is COCCOCCOCCOCCN(Cc1ccccc1C(=O)O)C(=O)OCc1ccc(NC(=O)C(C)NC(=O)C(NC(=O)OC(C)(C)C)C(C)C)cc1. The first-order chi connectivity index (χ1) is 25.6. The van der Waals surface area contributed by atoms with E-state index in [1.165, 1.54) is 17.9 Å². The Bertz CT molecular complexity index is 1480. The number of ether oxygens (including phenoxy) is 6. The van der Waals surface area contributed by atoms with E-state index < -0.39 is 47.7 Å². The third-order valence-corrected chi connectivity index (χ3v) is 7.51. The summed E-state index contributed by atoms with van der Waals surface area (Å²) in [6.07, 6.45) is -1.41. The van der Waals surface area contributed by atoms with Crippen molar-refractivity contribution < 1.29 is 57.5 Å². The molecular weight excluding hydrogens is 704 g/mol. The van der Waals surface area contributed by atoms with Crippen LogP contribution in [-0.2, 0) is 51.2 Å². The van der Waals surface area contributed by atoms with E-state index in [0.29, 0.717) is 49.8 Å². The van der Waals surface area contributed by atoms with Crippen LogP contribution in [0, 0.1) is 5.92 Å². The van der Waals surface area contributed by atoms with Gasteiger partial charge in [0.2, 0.25) is 11.8 Å². The highest BCUT2D eigenvalue weighted by molar-refractivity contribution is 5.98. The fraction of sp³-hybridized carbons (Fsp3) is 0.553. The molecule has 0 heterocycles. The Morgan fingerprint density at radius 3 is 1.94 bits per heavy atom. The van der Waals surface area contributed by atoms with Crippen molar-refractivity contribution >= 4 is 35.7 Å². The maximum atomic E-state index is 13.2. The number of anilines is 1. The lowest BCUT2D eigenvalue weighted by atomic mass is 10.0. The van der Waals surface area contributed by atoms with Crippen molar-refractivity contribution in [3.05, 3.63) is 65.2 Å². The van der Waals surface area contributed by atoms with Crippen LogP contribution in [0.5, 0.6) is 0 Å². The first-order valence-electron chi connectivity index (χ1n) is 17.8. The molecule has 4 amide bonds. The third-order valence-electron chi connectivity index (χ3n) is 7.51. The van der Waals surface area contributed by atoms with Crippen molar-refractivity contribution in [3.8, 4) is 0 Å². The number of carboxylic acid groups (broad SMARTS) is 1. The number of aromatic carboxylic acids is 1. The fourth-order valence-corrected chi connectivity index (χ4v) is 4.68. The van der Waals surface area contributed by atoms with Crippen LogP contribution in [0.25, 0.3) is 0 Å². The second-order valence-electron chi connectivity index (χ2n) is 13.6. The molecule has 0 saturated heterocycles. The summed E-state index contributed by atoms with van der Waals surface area (Å²) in [5.74, 6) is -2.41. The molecule has 16 nitrogen and oxygen atoms in total. The van der Waals surface area contributed by atoms with Crippen LogP contribution in [0.4, 0.5) is 15.3 Å². The molecule has 2 unspecified atom stereocenters. The molecule has 0 aromatic heterocycles. The molecule has 0 saturated carbocycles. The highest BCUT2D eigenvalue weighted by atomic mass is 16.6. The summed E-state index contributed by atoms with van der Waals surface area (Å²) >= 11 is 0. The van der Waals surface area contributed by atoms with E-state index in [2.05, 4.69) is 16.0 Å². The minimum atomic E-state index is -1.11. The summed E-state index contributed by atoms with van der Waals surface area (Å²) in [5, 5.41) is 17.6. The molecule has 0 aliphatic carbocycles. The van der Waals surface area contributed by atoms with E-state index in [9.17, 15) is 29.1 Å². The Kier molecular flexibility index (Phi) is 20.0. The standard InChI is InChI=1S/C38H56N4O12/c1-26(2)32(41-36(47)54-38(4,5)6)34(44)39-27(3)33(43)40-30-14-12-28(13-15-30)25-53-37(48)42(24-29-10-8-9-11-31(29)35(45)46)16-17-50-20-21-52-23-22-51-19-18-49-7/h8-15,26-27,32H,16-25H2,1-7H3,(H,39,44)(H,40,43)(H,41,47)(H,45,46). The van der Waals surface area contributed by atoms with Gasteiger partial charge in [0.05, 0.1) is 51.8 Å². The molecule has 0 fully saturated rings. The summed E-state index contributed by atoms with van der Waals surface area (Å²) in [5.41, 5.74) is 0.830. The molecule has 0 aliphatic heterocycles. The van der Waals surface area contributed by atoms with Crippen molar-refractivity contribution in [2.24, 2.45) is 5.92 Å². The Morgan fingerprint density at radius 1 is 0.778 bits per heavy atom. The number of nitrogens with one attached hydrogen (secondary N) is 3. The number of hydrogen-bond acceptors (Lipinski definition) is 11. The monoisotopic (exact) mass is 760 g/mol. The quantitative estimate of drug-likeness (QED) is 0.118. The zero-order chi connectivity index (χ0) is 40.1. The average molecular weight is 761 g/mol. The molecule has 54 heavy (non-hydrogen) atoms. The number of benzene rings is 2. The van der Waals surface area contributed by atoms with Crippen molar-refractivity contribution in [1.29, 1.82) is 0 Å². The number of hydrogen-bond donors (Lipinski definition) is 4. The molecule has 0 bridgehead atoms. The van der Waals surface area contributed by atoms with Gasteiger partial charge in [0.15, 0.2) is 0 Å². The van der Waals surface area contributed by atoms with Crippen LogP contribution in [-0.4, -0.2) is 118 Å². The van der Waals surface area contributed by atoms with E-state index in [-0.39, 0.29) is 44.4 Å². The van der Waals surface area contributed by atoms with Gasteiger partial charge < -0.3 is 54.4 Å². The van der Waals surface area contributed by atoms with Gasteiger partial charge in [-0.1, -0.05) is 44.2 Å². The van der Waals surface area contributed by atoms with Crippen LogP contribution < -0.4 is 16.0 Å². The molecule has 300 valence electrons. The first-order valence-corrected chi connectivity index (χ1v) is 17.8. The van der Waals surface area contributed by atoms with Crippen molar-refractivity contribution in [3.63, 3.8) is 0 Å². The van der Waals surface area contributed by atoms with Crippen molar-refractivity contribution in [2.45, 2.75) is 72.4 Å². The first kappa shape index (κ1) is 45.4. The minimum absolute atomic E-state index is 0.0192. The van der Waals surface area contributed by atoms with Gasteiger partial charge in [0.25, 0.3) is 0 Å². The van der Waals surface area contributed by atoms with Gasteiger partial charge in [0.1, 0.15) is 24.3 Å². The number of nitrogens with zero attached hydrogens (tertiary/aromatic N) is 1. The number of amides is 4. The van der Waals surface area contributed by atoms with Crippen LogP contribution in [0.15, 0.2) is 48.5 Å². The molecule has 2 atom stereocenters. The fourth-order valence-electron chi connectivity index (χ4n) is 4.68. The highest BCUT2D eigenvalue weighted by Gasteiger charge is 2.29. The van der Waals surface area contributed by atoms with E-state index in [0.717, 1.165) is 0 Å². The molecule has 2 rings (SSSR count). The summed E-state index contributed by atoms with van der Waals surface area (Å²) in [6, 6.07) is 11.1. The Balaban J connectivity index is 1.92. The number of carbonyl (C=O) groups is 5. The number of rotatable bonds is 23. The molecule has 0 spiro atoms. The molecular formula is C38H56N4O12. The van der Waals surface area contributed by atoms with Crippen LogP contribution >= 0.6 is 0 Å². The zero-order valence-corrected chi connectivity index (χ0v) is 32.3. The summed E-state index contributed by atoms with van der Waals surface area (Å²) < 4.78 is 32.2. The smallest absolute Gasteiger partial charge is 0.410 e. The van der Waals surface area contributed by atoms with Crippen molar-refractivity contribution in [2.75, 3.05) is 65.2 Å². The maximum Gasteiger partial charge on any atom is 0.410 e. The molecule has 0 radical (unpaired) electrons. The van der Waals surface area contributed by atoms with Crippen LogP contribution in [0.1, 0.15) is 63.0 Å². The second kappa shape index (κ2) is 23.8. The van der Waals surface area contributed by atoms with E-state index in [1.807, 2.05) is 0 Å². The molecule has 0 aliphatic rings. The largest absolute Gasteiger partial charge is 0.478 e. The average Bonchev–Trinajstić information content (AvgIpc) is 3.11. The number of alkyl carbamates (subject to hydrolysis) is 1. The van der Waals surface area contributed by atoms with Gasteiger partial charge >= 0.3 is 18.2 Å². The predicted molar refractivity (Wildman–Crippen MR) is 199 cm³/mol. The Labute approximate surface area is 317 Å². The van der Waals surface area contributed by atoms with Crippen LogP contribution in [0.2, 0.25) is 0 Å². The maximum absolute atomic E-state index is 13.2. The number of methoxy groups -OCH3 is 1. The molecule has 16 heteroatoms. The summed E-state index contributed by atoms with van der Waals surface area (Å²) in [4.78, 5) is 64.5. The second-order valence-corrected chi connectivity index (χ2v) is 13.6. The van der Waals surface area contributed by atoms with Crippen LogP contribution in [0.3, 0.4) is 0 Å². The molecule has 4 N–H and O–H groups in total. The summed E-state index contributed by atoms with van der Waals surface area (Å²) in [6.45, 7) is 12.8. The van der Waals surface area contributed by atoms with Gasteiger partial charge in [0, 0.05) is 25.9 Å². The van der Waals surface area contributed by atoms with Gasteiger partial charge in [-0.25, -0.2) is 14.4 Å². The van der Waals surface area contributed by atoms with Gasteiger partial charge in [-0.05, 0) is 62.9 Å². The number of carboxylic acids is 1. The van der Waals surface area contributed by atoms with Gasteiger partial charge in [-0.15, -0.1) is 0 Å². The lowest BCUT2D eigenvalue weighted by Crippen LogP contribution is -2.54.